The van der Waals surface area contributed by atoms with Crippen molar-refractivity contribution in [2.45, 2.75) is 45.3 Å². The molecule has 27 heavy (non-hydrogen) atoms. The Hall–Kier alpha value is -2.39. The molecule has 0 unspecified atom stereocenters. The molecule has 5 atom stereocenters. The molecular formula is C24H24O3. The van der Waals surface area contributed by atoms with Crippen LogP contribution < -0.4 is 0 Å². The van der Waals surface area contributed by atoms with Gasteiger partial charge >= 0.3 is 0 Å². The van der Waals surface area contributed by atoms with Crippen LogP contribution in [0.5, 0.6) is 0 Å². The molecule has 2 saturated heterocycles. The predicted molar refractivity (Wildman–Crippen MR) is 105 cm³/mol. The van der Waals surface area contributed by atoms with Crippen molar-refractivity contribution >= 4 is 11.4 Å². The van der Waals surface area contributed by atoms with Gasteiger partial charge in [-0.3, -0.25) is 4.79 Å². The van der Waals surface area contributed by atoms with Crippen LogP contribution >= 0.6 is 0 Å². The molecule has 2 aromatic rings. The van der Waals surface area contributed by atoms with Crippen LogP contribution in [-0.2, 0) is 9.53 Å². The third-order valence-electron chi connectivity index (χ3n) is 6.63. The second kappa shape index (κ2) is 5.80. The minimum Gasteiger partial charge on any atom is -0.511 e. The van der Waals surface area contributed by atoms with Crippen molar-refractivity contribution in [2.24, 2.45) is 11.8 Å². The SMILES string of the molecule is Cc1cc(C)c(C2=C(O)[C@@H]3[C@@H]4O[C@@H](C[C@H]4c4ccccc4)[C@@H]3C2=O)c(C)c1. The largest absolute Gasteiger partial charge is 0.511 e. The molecule has 2 bridgehead atoms. The average molecular weight is 360 g/mol. The van der Waals surface area contributed by atoms with Gasteiger partial charge in [0, 0.05) is 5.92 Å². The smallest absolute Gasteiger partial charge is 0.173 e. The Bertz CT molecular complexity index is 949. The zero-order chi connectivity index (χ0) is 18.9. The van der Waals surface area contributed by atoms with E-state index in [9.17, 15) is 9.90 Å². The highest BCUT2D eigenvalue weighted by Gasteiger charge is 2.62. The standard InChI is InChI=1S/C24H24O3/c1-12-9-13(2)18(14(3)10-12)20-22(25)19-17-11-16(15-7-5-4-6-8-15)24(27-17)21(19)23(20)26/h4-10,16-17,19,21,24,26H,11H2,1-3H3/t16-,17-,19-,21+,24+/m0/s1. The lowest BCUT2D eigenvalue weighted by molar-refractivity contribution is -0.118. The number of carbonyl (C=O) groups excluding carboxylic acids is 1. The minimum absolute atomic E-state index is 0.0616. The summed E-state index contributed by atoms with van der Waals surface area (Å²) in [5.74, 6) is 0.105. The Kier molecular flexibility index (Phi) is 3.60. The van der Waals surface area contributed by atoms with Crippen LogP contribution in [0.2, 0.25) is 0 Å². The second-order valence-corrected chi connectivity index (χ2v) is 8.34. The van der Waals surface area contributed by atoms with Gasteiger partial charge in [0.15, 0.2) is 5.78 Å². The Morgan fingerprint density at radius 1 is 1.00 bits per heavy atom. The number of carbonyl (C=O) groups is 1. The Morgan fingerprint density at radius 2 is 1.67 bits per heavy atom. The van der Waals surface area contributed by atoms with Crippen LogP contribution in [0.3, 0.4) is 0 Å². The maximum Gasteiger partial charge on any atom is 0.173 e. The van der Waals surface area contributed by atoms with Gasteiger partial charge in [-0.2, -0.15) is 0 Å². The van der Waals surface area contributed by atoms with Crippen molar-refractivity contribution < 1.29 is 14.6 Å². The molecule has 3 heteroatoms. The van der Waals surface area contributed by atoms with E-state index >= 15 is 0 Å². The van der Waals surface area contributed by atoms with Crippen molar-refractivity contribution in [2.75, 3.05) is 0 Å². The quantitative estimate of drug-likeness (QED) is 0.848. The van der Waals surface area contributed by atoms with Crippen LogP contribution in [0.25, 0.3) is 5.57 Å². The minimum atomic E-state index is -0.231. The van der Waals surface area contributed by atoms with E-state index in [1.54, 1.807) is 0 Å². The fourth-order valence-electron chi connectivity index (χ4n) is 5.71. The predicted octanol–water partition coefficient (Wildman–Crippen LogP) is 4.65. The molecular weight excluding hydrogens is 336 g/mol. The van der Waals surface area contributed by atoms with E-state index in [0.29, 0.717) is 5.57 Å². The number of ether oxygens (including phenoxy) is 1. The van der Waals surface area contributed by atoms with Crippen molar-refractivity contribution in [3.63, 3.8) is 0 Å². The Labute approximate surface area is 159 Å². The van der Waals surface area contributed by atoms with E-state index in [4.69, 9.17) is 4.74 Å². The van der Waals surface area contributed by atoms with Crippen LogP contribution in [0, 0.1) is 32.6 Å². The molecule has 2 fully saturated rings. The summed E-state index contributed by atoms with van der Waals surface area (Å²) < 4.78 is 6.20. The third-order valence-corrected chi connectivity index (χ3v) is 6.63. The van der Waals surface area contributed by atoms with Crippen LogP contribution in [0.1, 0.15) is 40.2 Å². The summed E-state index contributed by atoms with van der Waals surface area (Å²) in [6.07, 6.45) is 0.645. The first-order chi connectivity index (χ1) is 13.0. The highest BCUT2D eigenvalue weighted by molar-refractivity contribution is 6.26. The van der Waals surface area contributed by atoms with Crippen molar-refractivity contribution in [3.05, 3.63) is 76.0 Å². The van der Waals surface area contributed by atoms with E-state index in [1.165, 1.54) is 11.1 Å². The number of fused-ring (bicyclic) bond motifs is 5. The van der Waals surface area contributed by atoms with Crippen LogP contribution in [-0.4, -0.2) is 23.1 Å². The fourth-order valence-corrected chi connectivity index (χ4v) is 5.71. The van der Waals surface area contributed by atoms with Gasteiger partial charge in [-0.25, -0.2) is 0 Å². The zero-order valence-electron chi connectivity index (χ0n) is 15.9. The highest BCUT2D eigenvalue weighted by atomic mass is 16.5. The zero-order valence-corrected chi connectivity index (χ0v) is 15.9. The first-order valence-corrected chi connectivity index (χ1v) is 9.73. The molecule has 2 heterocycles. The monoisotopic (exact) mass is 360 g/mol. The summed E-state index contributed by atoms with van der Waals surface area (Å²) in [5.41, 5.74) is 5.96. The number of benzene rings is 2. The average Bonchev–Trinajstić information content (AvgIpc) is 3.29. The molecule has 0 radical (unpaired) electrons. The number of rotatable bonds is 2. The number of aliphatic hydroxyl groups excluding tert-OH is 1. The summed E-state index contributed by atoms with van der Waals surface area (Å²) in [4.78, 5) is 13.3. The lowest BCUT2D eigenvalue weighted by Crippen LogP contribution is -2.33. The van der Waals surface area contributed by atoms with Gasteiger partial charge in [0.1, 0.15) is 5.76 Å². The molecule has 0 saturated carbocycles. The van der Waals surface area contributed by atoms with Gasteiger partial charge in [0.2, 0.25) is 0 Å². The van der Waals surface area contributed by atoms with Gasteiger partial charge in [-0.05, 0) is 49.4 Å². The summed E-state index contributed by atoms with van der Waals surface area (Å²) >= 11 is 0. The van der Waals surface area contributed by atoms with Crippen LogP contribution in [0.4, 0.5) is 0 Å². The Balaban J connectivity index is 1.59. The molecule has 1 aliphatic carbocycles. The molecule has 0 amide bonds. The summed E-state index contributed by atoms with van der Waals surface area (Å²) in [7, 11) is 0. The van der Waals surface area contributed by atoms with Crippen molar-refractivity contribution in [1.29, 1.82) is 0 Å². The molecule has 2 aromatic carbocycles. The van der Waals surface area contributed by atoms with E-state index < -0.39 is 0 Å². The van der Waals surface area contributed by atoms with E-state index in [-0.39, 0.29) is 41.5 Å². The number of allylic oxidation sites excluding steroid dienone is 1. The lowest BCUT2D eigenvalue weighted by Gasteiger charge is -2.27. The highest BCUT2D eigenvalue weighted by Crippen LogP contribution is 2.58. The van der Waals surface area contributed by atoms with Gasteiger partial charge in [-0.15, -0.1) is 0 Å². The number of Topliss-reactive ketones (excluding diaryl/α,β-unsaturated/α-hetero) is 1. The maximum absolute atomic E-state index is 13.3. The number of hydrogen-bond donors (Lipinski definition) is 1. The first-order valence-electron chi connectivity index (χ1n) is 9.73. The summed E-state index contributed by atoms with van der Waals surface area (Å²) in [6.45, 7) is 6.10. The molecule has 3 aliphatic rings. The van der Waals surface area contributed by atoms with Gasteiger partial charge in [0.05, 0.1) is 29.6 Å². The van der Waals surface area contributed by atoms with Crippen molar-refractivity contribution in [1.82, 2.24) is 0 Å². The van der Waals surface area contributed by atoms with Gasteiger partial charge in [0.25, 0.3) is 0 Å². The lowest BCUT2D eigenvalue weighted by atomic mass is 9.72. The van der Waals surface area contributed by atoms with Crippen molar-refractivity contribution in [3.8, 4) is 0 Å². The molecule has 3 nitrogen and oxygen atoms in total. The molecule has 138 valence electrons. The fraction of sp³-hybridized carbons (Fsp3) is 0.375. The number of ketones is 1. The van der Waals surface area contributed by atoms with E-state index in [2.05, 4.69) is 31.2 Å². The molecule has 0 spiro atoms. The maximum atomic E-state index is 13.3. The molecule has 0 aromatic heterocycles. The van der Waals surface area contributed by atoms with E-state index in [1.807, 2.05) is 32.0 Å². The van der Waals surface area contributed by atoms with Gasteiger partial charge < -0.3 is 9.84 Å². The molecule has 2 aliphatic heterocycles. The number of aliphatic hydroxyl groups is 1. The number of aryl methyl sites for hydroxylation is 3. The normalized spacial score (nSPS) is 31.7. The summed E-state index contributed by atoms with van der Waals surface area (Å²) in [6, 6.07) is 14.5. The topological polar surface area (TPSA) is 46.5 Å². The van der Waals surface area contributed by atoms with Crippen LogP contribution in [0.15, 0.2) is 48.2 Å². The third kappa shape index (κ3) is 2.28. The number of hydrogen-bond acceptors (Lipinski definition) is 3. The Morgan fingerprint density at radius 3 is 2.33 bits per heavy atom. The van der Waals surface area contributed by atoms with Gasteiger partial charge in [-0.1, -0.05) is 48.0 Å². The first kappa shape index (κ1) is 16.8. The molecule has 5 rings (SSSR count). The summed E-state index contributed by atoms with van der Waals surface area (Å²) in [5, 5.41) is 11.2. The second-order valence-electron chi connectivity index (χ2n) is 8.34. The molecule has 1 N–H and O–H groups in total. The van der Waals surface area contributed by atoms with E-state index in [0.717, 1.165) is 23.1 Å².